The molecule has 0 bridgehead atoms. The van der Waals surface area contributed by atoms with E-state index in [0.29, 0.717) is 0 Å². The predicted octanol–water partition coefficient (Wildman–Crippen LogP) is 1.95. The van der Waals surface area contributed by atoms with Crippen molar-refractivity contribution < 1.29 is 10.2 Å². The van der Waals surface area contributed by atoms with Crippen molar-refractivity contribution >= 4 is 5.69 Å². The molecule has 1 rings (SSSR count). The maximum atomic E-state index is 9.41. The molecular weight excluding hydrogens is 202 g/mol. The summed E-state index contributed by atoms with van der Waals surface area (Å²) >= 11 is 0. The van der Waals surface area contributed by atoms with Gasteiger partial charge in [0, 0.05) is 12.7 Å². The molecule has 90 valence electrons. The van der Waals surface area contributed by atoms with Crippen LogP contribution in [0.5, 0.6) is 0 Å². The van der Waals surface area contributed by atoms with E-state index in [-0.39, 0.29) is 12.1 Å². The summed E-state index contributed by atoms with van der Waals surface area (Å²) in [5.41, 5.74) is 1.65. The fourth-order valence-corrected chi connectivity index (χ4v) is 1.43. The van der Waals surface area contributed by atoms with E-state index >= 15 is 0 Å². The van der Waals surface area contributed by atoms with Crippen molar-refractivity contribution in [3.63, 3.8) is 0 Å². The normalized spacial score (nSPS) is 13.6. The molecule has 0 heterocycles. The highest BCUT2D eigenvalue weighted by molar-refractivity contribution is 5.49. The smallest absolute Gasteiger partial charge is 0.0761 e. The second-order valence-corrected chi connectivity index (χ2v) is 4.80. The lowest BCUT2D eigenvalue weighted by molar-refractivity contribution is 0.199. The minimum atomic E-state index is -0.440. The Hall–Kier alpha value is -1.06. The van der Waals surface area contributed by atoms with Gasteiger partial charge in [-0.2, -0.15) is 0 Å². The summed E-state index contributed by atoms with van der Waals surface area (Å²) in [7, 11) is 1.95. The Morgan fingerprint density at radius 1 is 1.25 bits per heavy atom. The van der Waals surface area contributed by atoms with Gasteiger partial charge in [-0.25, -0.2) is 0 Å². The summed E-state index contributed by atoms with van der Waals surface area (Å²) in [5, 5.41) is 18.7. The van der Waals surface area contributed by atoms with Crippen LogP contribution in [0.25, 0.3) is 0 Å². The summed E-state index contributed by atoms with van der Waals surface area (Å²) in [4.78, 5) is 2.03. The molecule has 3 heteroatoms. The molecule has 0 aromatic heterocycles. The molecular formula is C13H21NO2. The molecule has 0 amide bonds. The summed E-state index contributed by atoms with van der Waals surface area (Å²) in [6, 6.07) is 7.73. The van der Waals surface area contributed by atoms with Gasteiger partial charge in [0.1, 0.15) is 0 Å². The predicted molar refractivity (Wildman–Crippen MR) is 66.6 cm³/mol. The van der Waals surface area contributed by atoms with Crippen LogP contribution in [-0.2, 0) is 0 Å². The third kappa shape index (κ3) is 2.74. The van der Waals surface area contributed by atoms with Gasteiger partial charge in [0.25, 0.3) is 0 Å². The zero-order valence-electron chi connectivity index (χ0n) is 10.4. The molecule has 0 saturated carbocycles. The van der Waals surface area contributed by atoms with Gasteiger partial charge >= 0.3 is 0 Å². The lowest BCUT2D eigenvalue weighted by Crippen LogP contribution is -2.44. The van der Waals surface area contributed by atoms with Crippen LogP contribution in [-0.4, -0.2) is 29.4 Å². The summed E-state index contributed by atoms with van der Waals surface area (Å²) < 4.78 is 0. The van der Waals surface area contributed by atoms with Crippen molar-refractivity contribution in [1.29, 1.82) is 0 Å². The van der Waals surface area contributed by atoms with E-state index in [1.807, 2.05) is 50.1 Å². The number of aliphatic hydroxyl groups excluding tert-OH is 2. The highest BCUT2D eigenvalue weighted by Gasteiger charge is 2.22. The van der Waals surface area contributed by atoms with Crippen LogP contribution in [0.4, 0.5) is 5.69 Å². The van der Waals surface area contributed by atoms with Gasteiger partial charge in [-0.15, -0.1) is 0 Å². The Morgan fingerprint density at radius 3 is 2.12 bits per heavy atom. The topological polar surface area (TPSA) is 43.7 Å². The van der Waals surface area contributed by atoms with E-state index in [9.17, 15) is 10.2 Å². The first-order chi connectivity index (χ1) is 7.38. The third-order valence-corrected chi connectivity index (χ3v) is 3.06. The molecule has 0 aliphatic carbocycles. The number of hydrogen-bond acceptors (Lipinski definition) is 3. The minimum absolute atomic E-state index is 0.0989. The Bertz CT molecular complexity index is 330. The Kier molecular flexibility index (Phi) is 3.94. The fraction of sp³-hybridized carbons (Fsp3) is 0.538. The number of benzene rings is 1. The molecule has 0 aliphatic heterocycles. The van der Waals surface area contributed by atoms with Crippen molar-refractivity contribution in [2.75, 3.05) is 18.6 Å². The second kappa shape index (κ2) is 4.85. The van der Waals surface area contributed by atoms with Crippen LogP contribution >= 0.6 is 0 Å². The van der Waals surface area contributed by atoms with Gasteiger partial charge in [0.2, 0.25) is 0 Å². The fourth-order valence-electron chi connectivity index (χ4n) is 1.43. The summed E-state index contributed by atoms with van der Waals surface area (Å²) in [6.45, 7) is 5.81. The third-order valence-electron chi connectivity index (χ3n) is 3.06. The minimum Gasteiger partial charge on any atom is -0.394 e. The molecule has 0 unspecified atom stereocenters. The highest BCUT2D eigenvalue weighted by Crippen LogP contribution is 2.23. The van der Waals surface area contributed by atoms with Gasteiger partial charge in [-0.3, -0.25) is 0 Å². The van der Waals surface area contributed by atoms with Gasteiger partial charge in [0.05, 0.1) is 18.2 Å². The van der Waals surface area contributed by atoms with Gasteiger partial charge in [-0.05, 0) is 38.5 Å². The molecule has 1 atom stereocenters. The van der Waals surface area contributed by atoms with Crippen LogP contribution in [0.2, 0.25) is 0 Å². The number of likely N-dealkylation sites (N-methyl/N-ethyl adjacent to an activating group) is 1. The second-order valence-electron chi connectivity index (χ2n) is 4.80. The Labute approximate surface area is 97.3 Å². The van der Waals surface area contributed by atoms with Crippen molar-refractivity contribution in [2.24, 2.45) is 0 Å². The van der Waals surface area contributed by atoms with E-state index < -0.39 is 6.10 Å². The van der Waals surface area contributed by atoms with Crippen LogP contribution in [0.15, 0.2) is 24.3 Å². The number of anilines is 1. The molecule has 2 N–H and O–H groups in total. The van der Waals surface area contributed by atoms with Crippen molar-refractivity contribution in [1.82, 2.24) is 0 Å². The van der Waals surface area contributed by atoms with Gasteiger partial charge < -0.3 is 15.1 Å². The summed E-state index contributed by atoms with van der Waals surface area (Å²) in [6.07, 6.45) is -0.440. The average molecular weight is 223 g/mol. The van der Waals surface area contributed by atoms with Crippen LogP contribution < -0.4 is 4.90 Å². The Balaban J connectivity index is 2.90. The summed E-state index contributed by atoms with van der Waals surface area (Å²) in [5.74, 6) is 0. The van der Waals surface area contributed by atoms with Crippen molar-refractivity contribution in [3.8, 4) is 0 Å². The van der Waals surface area contributed by atoms with Gasteiger partial charge in [0.15, 0.2) is 0 Å². The number of rotatable bonds is 4. The molecule has 0 saturated heterocycles. The molecule has 0 spiro atoms. The zero-order valence-corrected chi connectivity index (χ0v) is 10.4. The van der Waals surface area contributed by atoms with Crippen LogP contribution in [0, 0.1) is 0 Å². The first kappa shape index (κ1) is 13.0. The molecule has 3 nitrogen and oxygen atoms in total. The molecule has 16 heavy (non-hydrogen) atoms. The lowest BCUT2D eigenvalue weighted by Gasteiger charge is -2.36. The average Bonchev–Trinajstić information content (AvgIpc) is 2.28. The van der Waals surface area contributed by atoms with E-state index in [1.54, 1.807) is 6.92 Å². The van der Waals surface area contributed by atoms with E-state index in [0.717, 1.165) is 11.3 Å². The maximum Gasteiger partial charge on any atom is 0.0761 e. The number of aliphatic hydroxyl groups is 2. The van der Waals surface area contributed by atoms with Crippen LogP contribution in [0.1, 0.15) is 32.4 Å². The molecule has 0 fully saturated rings. The van der Waals surface area contributed by atoms with Crippen LogP contribution in [0.3, 0.4) is 0 Å². The largest absolute Gasteiger partial charge is 0.394 e. The molecule has 1 aromatic rings. The monoisotopic (exact) mass is 223 g/mol. The number of nitrogens with zero attached hydrogens (tertiary/aromatic N) is 1. The molecule has 0 aliphatic rings. The van der Waals surface area contributed by atoms with E-state index in [1.165, 1.54) is 0 Å². The first-order valence-electron chi connectivity index (χ1n) is 5.51. The lowest BCUT2D eigenvalue weighted by atomic mass is 10.0. The van der Waals surface area contributed by atoms with Crippen molar-refractivity contribution in [2.45, 2.75) is 32.4 Å². The first-order valence-corrected chi connectivity index (χ1v) is 5.51. The Morgan fingerprint density at radius 2 is 1.75 bits per heavy atom. The van der Waals surface area contributed by atoms with E-state index in [2.05, 4.69) is 0 Å². The zero-order chi connectivity index (χ0) is 12.3. The van der Waals surface area contributed by atoms with E-state index in [4.69, 9.17) is 0 Å². The molecule has 0 radical (unpaired) electrons. The highest BCUT2D eigenvalue weighted by atomic mass is 16.3. The quantitative estimate of drug-likeness (QED) is 0.820. The van der Waals surface area contributed by atoms with Gasteiger partial charge in [-0.1, -0.05) is 12.1 Å². The maximum absolute atomic E-state index is 9.41. The molecule has 1 aromatic carbocycles. The standard InChI is InChI=1S/C13H21NO2/c1-10(16)11-5-7-12(8-6-11)14(4)13(2,3)9-15/h5-8,10,15-16H,9H2,1-4H3/t10-/m1/s1. The van der Waals surface area contributed by atoms with Crippen molar-refractivity contribution in [3.05, 3.63) is 29.8 Å². The SMILES string of the molecule is C[C@@H](O)c1ccc(N(C)C(C)(C)CO)cc1. The number of hydrogen-bond donors (Lipinski definition) is 2.